The van der Waals surface area contributed by atoms with E-state index in [1.807, 2.05) is 12.3 Å². The van der Waals surface area contributed by atoms with Gasteiger partial charge in [0.15, 0.2) is 0 Å². The van der Waals surface area contributed by atoms with E-state index >= 15 is 0 Å². The van der Waals surface area contributed by atoms with Crippen molar-refractivity contribution in [2.75, 3.05) is 6.54 Å². The van der Waals surface area contributed by atoms with Crippen LogP contribution in [0.4, 0.5) is 0 Å². The maximum absolute atomic E-state index is 5.14. The Morgan fingerprint density at radius 3 is 2.78 bits per heavy atom. The first kappa shape index (κ1) is 13.4. The predicted octanol–water partition coefficient (Wildman–Crippen LogP) is 4.24. The van der Waals surface area contributed by atoms with Crippen molar-refractivity contribution in [1.82, 2.24) is 5.32 Å². The molecule has 2 rings (SSSR count). The highest BCUT2D eigenvalue weighted by atomic mass is 79.9. The number of aryl methyl sites for hydroxylation is 1. The molecule has 1 aromatic heterocycles. The Morgan fingerprint density at radius 2 is 2.17 bits per heavy atom. The number of hydrogen-bond acceptors (Lipinski definition) is 2. The average Bonchev–Trinajstić information content (AvgIpc) is 2.85. The van der Waals surface area contributed by atoms with Gasteiger partial charge in [-0.15, -0.1) is 0 Å². The van der Waals surface area contributed by atoms with Gasteiger partial charge in [-0.3, -0.25) is 0 Å². The summed E-state index contributed by atoms with van der Waals surface area (Å²) >= 11 is 3.54. The number of likely N-dealkylation sites (N-methyl/N-ethyl adjacent to an activating group) is 1. The van der Waals surface area contributed by atoms with Crippen molar-refractivity contribution in [2.45, 2.75) is 26.3 Å². The van der Waals surface area contributed by atoms with Crippen molar-refractivity contribution in [1.29, 1.82) is 0 Å². The van der Waals surface area contributed by atoms with E-state index in [0.717, 1.165) is 17.4 Å². The van der Waals surface area contributed by atoms with Crippen LogP contribution in [0.1, 0.15) is 29.7 Å². The highest BCUT2D eigenvalue weighted by Crippen LogP contribution is 2.24. The molecule has 18 heavy (non-hydrogen) atoms. The Hall–Kier alpha value is -1.06. The molecule has 1 atom stereocenters. The molecule has 0 amide bonds. The van der Waals surface area contributed by atoms with Gasteiger partial charge in [0.05, 0.1) is 12.5 Å². The Balaban J connectivity index is 2.20. The van der Waals surface area contributed by atoms with Crippen LogP contribution in [-0.2, 0) is 6.42 Å². The van der Waals surface area contributed by atoms with Crippen LogP contribution in [0, 0.1) is 6.92 Å². The maximum Gasteiger partial charge on any atom is 0.0935 e. The first-order valence-corrected chi connectivity index (χ1v) is 7.00. The van der Waals surface area contributed by atoms with Crippen LogP contribution >= 0.6 is 15.9 Å². The molecule has 1 N–H and O–H groups in total. The van der Waals surface area contributed by atoms with Gasteiger partial charge in [-0.25, -0.2) is 0 Å². The van der Waals surface area contributed by atoms with Gasteiger partial charge in [0.2, 0.25) is 0 Å². The summed E-state index contributed by atoms with van der Waals surface area (Å²) < 4.78 is 6.29. The monoisotopic (exact) mass is 307 g/mol. The lowest BCUT2D eigenvalue weighted by Gasteiger charge is -2.18. The van der Waals surface area contributed by atoms with Gasteiger partial charge in [-0.1, -0.05) is 35.0 Å². The fraction of sp³-hybridized carbons (Fsp3) is 0.333. The standard InChI is InChI=1S/C15H18BrNO/c1-3-17-15(9-12-6-7-18-10-12)13-4-5-14(16)11(2)8-13/h4-8,10,15,17H,3,9H2,1-2H3. The molecule has 1 aromatic carbocycles. The quantitative estimate of drug-likeness (QED) is 0.893. The van der Waals surface area contributed by atoms with E-state index in [1.54, 1.807) is 6.26 Å². The van der Waals surface area contributed by atoms with Crippen molar-refractivity contribution in [3.05, 3.63) is 58.0 Å². The van der Waals surface area contributed by atoms with Crippen molar-refractivity contribution < 1.29 is 4.42 Å². The topological polar surface area (TPSA) is 25.2 Å². The molecule has 1 unspecified atom stereocenters. The number of benzene rings is 1. The maximum atomic E-state index is 5.14. The molecule has 1 heterocycles. The van der Waals surface area contributed by atoms with E-state index in [1.165, 1.54) is 16.7 Å². The average molecular weight is 308 g/mol. The van der Waals surface area contributed by atoms with Gasteiger partial charge in [0, 0.05) is 10.5 Å². The van der Waals surface area contributed by atoms with E-state index in [9.17, 15) is 0 Å². The Labute approximate surface area is 117 Å². The highest BCUT2D eigenvalue weighted by Gasteiger charge is 2.12. The van der Waals surface area contributed by atoms with Gasteiger partial charge < -0.3 is 9.73 Å². The summed E-state index contributed by atoms with van der Waals surface area (Å²) in [5, 5.41) is 3.53. The second kappa shape index (κ2) is 6.21. The first-order valence-electron chi connectivity index (χ1n) is 6.21. The molecule has 96 valence electrons. The first-order chi connectivity index (χ1) is 8.70. The van der Waals surface area contributed by atoms with Crippen molar-refractivity contribution in [2.24, 2.45) is 0 Å². The molecule has 0 aliphatic heterocycles. The van der Waals surface area contributed by atoms with Gasteiger partial charge in [0.25, 0.3) is 0 Å². The number of furan rings is 1. The lowest BCUT2D eigenvalue weighted by atomic mass is 9.99. The third-order valence-corrected chi connectivity index (χ3v) is 3.94. The number of hydrogen-bond donors (Lipinski definition) is 1. The molecule has 2 aromatic rings. The Kier molecular flexibility index (Phi) is 4.61. The summed E-state index contributed by atoms with van der Waals surface area (Å²) in [7, 11) is 0. The number of nitrogens with one attached hydrogen (secondary N) is 1. The van der Waals surface area contributed by atoms with Crippen LogP contribution in [-0.4, -0.2) is 6.54 Å². The number of rotatable bonds is 5. The van der Waals surface area contributed by atoms with Crippen LogP contribution < -0.4 is 5.32 Å². The predicted molar refractivity (Wildman–Crippen MR) is 77.7 cm³/mol. The van der Waals surface area contributed by atoms with Crippen molar-refractivity contribution in [3.8, 4) is 0 Å². The number of halogens is 1. The zero-order chi connectivity index (χ0) is 13.0. The molecule has 0 radical (unpaired) electrons. The molecule has 0 aliphatic carbocycles. The minimum Gasteiger partial charge on any atom is -0.472 e. The summed E-state index contributed by atoms with van der Waals surface area (Å²) in [5.74, 6) is 0. The lowest BCUT2D eigenvalue weighted by molar-refractivity contribution is 0.534. The van der Waals surface area contributed by atoms with E-state index in [-0.39, 0.29) is 0 Å². The summed E-state index contributed by atoms with van der Waals surface area (Å²) in [4.78, 5) is 0. The van der Waals surface area contributed by atoms with Gasteiger partial charge in [0.1, 0.15) is 0 Å². The van der Waals surface area contributed by atoms with Crippen LogP contribution in [0.2, 0.25) is 0 Å². The molecule has 0 aliphatic rings. The molecular weight excluding hydrogens is 290 g/mol. The van der Waals surface area contributed by atoms with Crippen molar-refractivity contribution in [3.63, 3.8) is 0 Å². The summed E-state index contributed by atoms with van der Waals surface area (Å²) in [5.41, 5.74) is 3.81. The third-order valence-electron chi connectivity index (χ3n) is 3.05. The van der Waals surface area contributed by atoms with E-state index in [0.29, 0.717) is 6.04 Å². The second-order valence-corrected chi connectivity index (χ2v) is 5.31. The summed E-state index contributed by atoms with van der Waals surface area (Å²) in [6.07, 6.45) is 4.49. The van der Waals surface area contributed by atoms with E-state index < -0.39 is 0 Å². The van der Waals surface area contributed by atoms with Crippen LogP contribution in [0.3, 0.4) is 0 Å². The molecule has 0 bridgehead atoms. The molecule has 2 nitrogen and oxygen atoms in total. The SMILES string of the molecule is CCNC(Cc1ccoc1)c1ccc(Br)c(C)c1. The summed E-state index contributed by atoms with van der Waals surface area (Å²) in [6, 6.07) is 8.88. The largest absolute Gasteiger partial charge is 0.472 e. The molecule has 0 saturated heterocycles. The fourth-order valence-corrected chi connectivity index (χ4v) is 2.33. The van der Waals surface area contributed by atoms with Gasteiger partial charge in [-0.05, 0) is 48.7 Å². The van der Waals surface area contributed by atoms with Gasteiger partial charge >= 0.3 is 0 Å². The zero-order valence-corrected chi connectivity index (χ0v) is 12.3. The normalized spacial score (nSPS) is 12.6. The van der Waals surface area contributed by atoms with Crippen LogP contribution in [0.5, 0.6) is 0 Å². The Bertz CT molecular complexity index is 493. The minimum atomic E-state index is 0.333. The van der Waals surface area contributed by atoms with Crippen molar-refractivity contribution >= 4 is 15.9 Å². The Morgan fingerprint density at radius 1 is 1.33 bits per heavy atom. The molecular formula is C15H18BrNO. The highest BCUT2D eigenvalue weighted by molar-refractivity contribution is 9.10. The molecule has 0 spiro atoms. The molecule has 0 saturated carbocycles. The van der Waals surface area contributed by atoms with Crippen LogP contribution in [0.25, 0.3) is 0 Å². The van der Waals surface area contributed by atoms with E-state index in [2.05, 4.69) is 53.3 Å². The zero-order valence-electron chi connectivity index (χ0n) is 10.7. The summed E-state index contributed by atoms with van der Waals surface area (Å²) in [6.45, 7) is 5.21. The smallest absolute Gasteiger partial charge is 0.0935 e. The van der Waals surface area contributed by atoms with Crippen LogP contribution in [0.15, 0.2) is 45.7 Å². The molecule has 3 heteroatoms. The minimum absolute atomic E-state index is 0.333. The van der Waals surface area contributed by atoms with Gasteiger partial charge in [-0.2, -0.15) is 0 Å². The third kappa shape index (κ3) is 3.24. The van der Waals surface area contributed by atoms with E-state index in [4.69, 9.17) is 4.42 Å². The molecule has 0 fully saturated rings. The lowest BCUT2D eigenvalue weighted by Crippen LogP contribution is -2.22. The fourth-order valence-electron chi connectivity index (χ4n) is 2.08. The second-order valence-electron chi connectivity index (χ2n) is 4.45.